The van der Waals surface area contributed by atoms with E-state index in [0.717, 1.165) is 10.6 Å². The minimum atomic E-state index is -0.0826. The molecule has 0 fully saturated rings. The van der Waals surface area contributed by atoms with Crippen molar-refractivity contribution in [2.45, 2.75) is 0 Å². The van der Waals surface area contributed by atoms with Crippen LogP contribution in [0.5, 0.6) is 0 Å². The highest BCUT2D eigenvalue weighted by Crippen LogP contribution is 2.25. The van der Waals surface area contributed by atoms with Gasteiger partial charge in [0.25, 0.3) is 5.91 Å². The molecule has 1 heterocycles. The van der Waals surface area contributed by atoms with E-state index in [1.807, 2.05) is 23.6 Å². The average Bonchev–Trinajstić information content (AvgIpc) is 2.81. The van der Waals surface area contributed by atoms with E-state index in [-0.39, 0.29) is 5.91 Å². The van der Waals surface area contributed by atoms with Crippen LogP contribution in [-0.4, -0.2) is 17.9 Å². The van der Waals surface area contributed by atoms with Gasteiger partial charge in [0.2, 0.25) is 0 Å². The zero-order chi connectivity index (χ0) is 10.7. The Hall–Kier alpha value is -1.68. The van der Waals surface area contributed by atoms with Crippen LogP contribution in [0.1, 0.15) is 10.4 Å². The Morgan fingerprint density at radius 1 is 1.40 bits per heavy atom. The van der Waals surface area contributed by atoms with Gasteiger partial charge in [-0.2, -0.15) is 0 Å². The van der Waals surface area contributed by atoms with Crippen LogP contribution >= 0.6 is 11.3 Å². The van der Waals surface area contributed by atoms with E-state index in [2.05, 4.69) is 10.3 Å². The molecule has 1 aromatic heterocycles. The Labute approximate surface area is 91.8 Å². The third kappa shape index (κ3) is 1.89. The van der Waals surface area contributed by atoms with Crippen molar-refractivity contribution in [1.29, 1.82) is 0 Å². The maximum atomic E-state index is 11.6. The lowest BCUT2D eigenvalue weighted by molar-refractivity contribution is 0.0964. The number of amides is 1. The van der Waals surface area contributed by atoms with Crippen molar-refractivity contribution in [3.05, 3.63) is 41.4 Å². The number of rotatable bonds is 2. The molecule has 0 aliphatic carbocycles. The lowest BCUT2D eigenvalue weighted by atomic mass is 10.1. The SMILES string of the molecule is CNC(=O)c1ccccc1-c1nccs1. The van der Waals surface area contributed by atoms with Crippen LogP contribution in [0.2, 0.25) is 0 Å². The number of hydrogen-bond donors (Lipinski definition) is 1. The highest BCUT2D eigenvalue weighted by molar-refractivity contribution is 7.13. The molecular weight excluding hydrogens is 208 g/mol. The molecule has 2 aromatic rings. The van der Waals surface area contributed by atoms with Gasteiger partial charge in [-0.15, -0.1) is 11.3 Å². The van der Waals surface area contributed by atoms with E-state index in [9.17, 15) is 4.79 Å². The number of thiazole rings is 1. The fourth-order valence-corrected chi connectivity index (χ4v) is 2.04. The Bertz CT molecular complexity index is 465. The molecule has 76 valence electrons. The van der Waals surface area contributed by atoms with Crippen LogP contribution in [0.15, 0.2) is 35.8 Å². The Morgan fingerprint density at radius 3 is 2.87 bits per heavy atom. The van der Waals surface area contributed by atoms with Crippen molar-refractivity contribution in [2.24, 2.45) is 0 Å². The van der Waals surface area contributed by atoms with Crippen LogP contribution in [0.25, 0.3) is 10.6 Å². The molecule has 0 atom stereocenters. The second-order valence-corrected chi connectivity index (χ2v) is 3.86. The molecule has 1 amide bonds. The largest absolute Gasteiger partial charge is 0.355 e. The number of nitrogens with zero attached hydrogens (tertiary/aromatic N) is 1. The first-order chi connectivity index (χ1) is 7.33. The zero-order valence-electron chi connectivity index (χ0n) is 8.23. The normalized spacial score (nSPS) is 9.93. The minimum Gasteiger partial charge on any atom is -0.355 e. The molecule has 0 aliphatic heterocycles. The van der Waals surface area contributed by atoms with Crippen LogP contribution in [0.4, 0.5) is 0 Å². The van der Waals surface area contributed by atoms with E-state index < -0.39 is 0 Å². The van der Waals surface area contributed by atoms with Gasteiger partial charge in [0.05, 0.1) is 0 Å². The summed E-state index contributed by atoms with van der Waals surface area (Å²) in [5.74, 6) is -0.0826. The number of hydrogen-bond acceptors (Lipinski definition) is 3. The molecule has 0 spiro atoms. The third-order valence-corrected chi connectivity index (χ3v) is 2.87. The van der Waals surface area contributed by atoms with Gasteiger partial charge in [0.1, 0.15) is 5.01 Å². The summed E-state index contributed by atoms with van der Waals surface area (Å²) in [5, 5.41) is 5.39. The summed E-state index contributed by atoms with van der Waals surface area (Å²) in [5.41, 5.74) is 1.54. The van der Waals surface area contributed by atoms with E-state index in [0.29, 0.717) is 5.56 Å². The lowest BCUT2D eigenvalue weighted by Crippen LogP contribution is -2.18. The molecule has 0 bridgehead atoms. The standard InChI is InChI=1S/C11H10N2OS/c1-12-10(14)8-4-2-3-5-9(8)11-13-6-7-15-11/h2-7H,1H3,(H,12,14). The van der Waals surface area contributed by atoms with Crippen molar-refractivity contribution in [3.8, 4) is 10.6 Å². The quantitative estimate of drug-likeness (QED) is 0.839. The van der Waals surface area contributed by atoms with E-state index in [1.165, 1.54) is 11.3 Å². The van der Waals surface area contributed by atoms with Gasteiger partial charge >= 0.3 is 0 Å². The molecule has 0 aliphatic rings. The maximum Gasteiger partial charge on any atom is 0.251 e. The van der Waals surface area contributed by atoms with Crippen LogP contribution < -0.4 is 5.32 Å². The summed E-state index contributed by atoms with van der Waals surface area (Å²) in [4.78, 5) is 15.8. The van der Waals surface area contributed by atoms with Crippen molar-refractivity contribution in [3.63, 3.8) is 0 Å². The van der Waals surface area contributed by atoms with Crippen molar-refractivity contribution in [2.75, 3.05) is 7.05 Å². The highest BCUT2D eigenvalue weighted by atomic mass is 32.1. The smallest absolute Gasteiger partial charge is 0.251 e. The molecule has 0 saturated carbocycles. The number of carbonyl (C=O) groups is 1. The van der Waals surface area contributed by atoms with Gasteiger partial charge in [-0.05, 0) is 6.07 Å². The third-order valence-electron chi connectivity index (χ3n) is 2.06. The van der Waals surface area contributed by atoms with Crippen LogP contribution in [0.3, 0.4) is 0 Å². The van der Waals surface area contributed by atoms with Gasteiger partial charge in [0, 0.05) is 29.8 Å². The topological polar surface area (TPSA) is 42.0 Å². The summed E-state index contributed by atoms with van der Waals surface area (Å²) >= 11 is 1.53. The summed E-state index contributed by atoms with van der Waals surface area (Å²) < 4.78 is 0. The number of aromatic nitrogens is 1. The first kappa shape index (κ1) is 9.86. The fourth-order valence-electron chi connectivity index (χ4n) is 1.36. The molecule has 0 saturated heterocycles. The minimum absolute atomic E-state index is 0.0826. The summed E-state index contributed by atoms with van der Waals surface area (Å²) in [7, 11) is 1.63. The summed E-state index contributed by atoms with van der Waals surface area (Å²) in [6.07, 6.45) is 1.74. The predicted molar refractivity (Wildman–Crippen MR) is 60.9 cm³/mol. The number of nitrogens with one attached hydrogen (secondary N) is 1. The van der Waals surface area contributed by atoms with E-state index in [4.69, 9.17) is 0 Å². The second kappa shape index (κ2) is 4.23. The number of benzene rings is 1. The Balaban J connectivity index is 2.52. The van der Waals surface area contributed by atoms with Gasteiger partial charge < -0.3 is 5.32 Å². The summed E-state index contributed by atoms with van der Waals surface area (Å²) in [6.45, 7) is 0. The summed E-state index contributed by atoms with van der Waals surface area (Å²) in [6, 6.07) is 7.46. The predicted octanol–water partition coefficient (Wildman–Crippen LogP) is 2.17. The number of carbonyl (C=O) groups excluding carboxylic acids is 1. The van der Waals surface area contributed by atoms with Crippen molar-refractivity contribution in [1.82, 2.24) is 10.3 Å². The van der Waals surface area contributed by atoms with Gasteiger partial charge in [-0.3, -0.25) is 4.79 Å². The van der Waals surface area contributed by atoms with Crippen molar-refractivity contribution >= 4 is 17.2 Å². The molecule has 1 aromatic carbocycles. The Kier molecular flexibility index (Phi) is 2.78. The zero-order valence-corrected chi connectivity index (χ0v) is 9.04. The fraction of sp³-hybridized carbons (Fsp3) is 0.0909. The monoisotopic (exact) mass is 218 g/mol. The molecule has 0 radical (unpaired) electrons. The highest BCUT2D eigenvalue weighted by Gasteiger charge is 2.11. The maximum absolute atomic E-state index is 11.6. The van der Waals surface area contributed by atoms with E-state index >= 15 is 0 Å². The molecule has 1 N–H and O–H groups in total. The molecule has 0 unspecified atom stereocenters. The Morgan fingerprint density at radius 2 is 2.20 bits per heavy atom. The van der Waals surface area contributed by atoms with Gasteiger partial charge in [-0.1, -0.05) is 18.2 Å². The molecule has 3 nitrogen and oxygen atoms in total. The average molecular weight is 218 g/mol. The molecular formula is C11H10N2OS. The first-order valence-electron chi connectivity index (χ1n) is 4.54. The lowest BCUT2D eigenvalue weighted by Gasteiger charge is -2.04. The van der Waals surface area contributed by atoms with E-state index in [1.54, 1.807) is 19.3 Å². The van der Waals surface area contributed by atoms with Crippen LogP contribution in [0, 0.1) is 0 Å². The van der Waals surface area contributed by atoms with Gasteiger partial charge in [-0.25, -0.2) is 4.98 Å². The van der Waals surface area contributed by atoms with Gasteiger partial charge in [0.15, 0.2) is 0 Å². The second-order valence-electron chi connectivity index (χ2n) is 2.96. The molecule has 2 rings (SSSR count). The first-order valence-corrected chi connectivity index (χ1v) is 5.42. The van der Waals surface area contributed by atoms with Crippen molar-refractivity contribution < 1.29 is 4.79 Å². The van der Waals surface area contributed by atoms with Crippen LogP contribution in [-0.2, 0) is 0 Å². The molecule has 4 heteroatoms. The molecule has 15 heavy (non-hydrogen) atoms.